The number of hydrogen-bond donors (Lipinski definition) is 1. The molecule has 1 amide bonds. The molecule has 0 unspecified atom stereocenters. The quantitative estimate of drug-likeness (QED) is 0.728. The summed E-state index contributed by atoms with van der Waals surface area (Å²) in [6.07, 6.45) is 1.75. The lowest BCUT2D eigenvalue weighted by atomic mass is 9.86. The van der Waals surface area contributed by atoms with Gasteiger partial charge in [0.25, 0.3) is 0 Å². The van der Waals surface area contributed by atoms with Gasteiger partial charge in [-0.1, -0.05) is 18.2 Å². The number of nitrogens with zero attached hydrogens (tertiary/aromatic N) is 1. The lowest BCUT2D eigenvalue weighted by Gasteiger charge is -2.14. The Balaban J connectivity index is 2.40. The van der Waals surface area contributed by atoms with Crippen LogP contribution in [0.2, 0.25) is 0 Å². The molecule has 0 bridgehead atoms. The van der Waals surface area contributed by atoms with E-state index in [4.69, 9.17) is 0 Å². The van der Waals surface area contributed by atoms with Gasteiger partial charge in [-0.3, -0.25) is 9.78 Å². The lowest BCUT2D eigenvalue weighted by molar-refractivity contribution is -0.119. The van der Waals surface area contributed by atoms with Crippen LogP contribution in [0.25, 0.3) is 10.9 Å². The van der Waals surface area contributed by atoms with Crippen molar-refractivity contribution in [3.8, 4) is 0 Å². The largest absolute Gasteiger partial charge is 0.323 e. The van der Waals surface area contributed by atoms with Gasteiger partial charge in [-0.05, 0) is 25.5 Å². The van der Waals surface area contributed by atoms with Crippen molar-refractivity contribution >= 4 is 22.5 Å². The zero-order valence-corrected chi connectivity index (χ0v) is 9.24. The van der Waals surface area contributed by atoms with Crippen LogP contribution in [-0.2, 0) is 10.2 Å². The van der Waals surface area contributed by atoms with Gasteiger partial charge in [-0.2, -0.15) is 0 Å². The Morgan fingerprint density at radius 3 is 2.88 bits per heavy atom. The molecule has 0 fully saturated rings. The minimum atomic E-state index is -0.457. The molecule has 3 heteroatoms. The van der Waals surface area contributed by atoms with Gasteiger partial charge in [0.1, 0.15) is 0 Å². The molecule has 3 rings (SSSR count). The van der Waals surface area contributed by atoms with Crippen molar-refractivity contribution in [2.45, 2.75) is 19.3 Å². The van der Waals surface area contributed by atoms with Crippen LogP contribution >= 0.6 is 0 Å². The number of carbonyl (C=O) groups excluding carboxylic acids is 1. The summed E-state index contributed by atoms with van der Waals surface area (Å²) < 4.78 is 0. The van der Waals surface area contributed by atoms with E-state index in [0.717, 1.165) is 22.2 Å². The van der Waals surface area contributed by atoms with Gasteiger partial charge < -0.3 is 5.32 Å². The van der Waals surface area contributed by atoms with Crippen molar-refractivity contribution in [1.82, 2.24) is 4.98 Å². The molecule has 0 radical (unpaired) electrons. The molecule has 1 aliphatic rings. The van der Waals surface area contributed by atoms with E-state index in [2.05, 4.69) is 10.3 Å². The third-order valence-electron chi connectivity index (χ3n) is 3.25. The molecular weight excluding hydrogens is 200 g/mol. The summed E-state index contributed by atoms with van der Waals surface area (Å²) in [5, 5.41) is 3.98. The number of fused-ring (bicyclic) bond motifs is 3. The Labute approximate surface area is 93.5 Å². The van der Waals surface area contributed by atoms with Crippen LogP contribution in [-0.4, -0.2) is 10.9 Å². The van der Waals surface area contributed by atoms with Crippen LogP contribution in [0.1, 0.15) is 19.4 Å². The highest BCUT2D eigenvalue weighted by Crippen LogP contribution is 2.40. The van der Waals surface area contributed by atoms with E-state index in [9.17, 15) is 4.79 Å². The number of hydrogen-bond acceptors (Lipinski definition) is 2. The van der Waals surface area contributed by atoms with Crippen molar-refractivity contribution < 1.29 is 4.79 Å². The van der Waals surface area contributed by atoms with Crippen LogP contribution in [0.3, 0.4) is 0 Å². The molecular formula is C13H12N2O. The maximum absolute atomic E-state index is 11.9. The molecule has 16 heavy (non-hydrogen) atoms. The Kier molecular flexibility index (Phi) is 1.64. The molecule has 1 N–H and O–H groups in total. The minimum absolute atomic E-state index is 0.0423. The first-order chi connectivity index (χ1) is 7.60. The Morgan fingerprint density at radius 2 is 2.06 bits per heavy atom. The first kappa shape index (κ1) is 9.33. The van der Waals surface area contributed by atoms with Gasteiger partial charge in [-0.25, -0.2) is 0 Å². The first-order valence-electron chi connectivity index (χ1n) is 5.30. The number of carbonyl (C=O) groups is 1. The van der Waals surface area contributed by atoms with Crippen molar-refractivity contribution in [3.05, 3.63) is 36.0 Å². The summed E-state index contributed by atoms with van der Waals surface area (Å²) in [6, 6.07) is 7.93. The monoisotopic (exact) mass is 212 g/mol. The van der Waals surface area contributed by atoms with Gasteiger partial charge >= 0.3 is 0 Å². The number of aromatic nitrogens is 1. The second kappa shape index (κ2) is 2.82. The van der Waals surface area contributed by atoms with Gasteiger partial charge in [-0.15, -0.1) is 0 Å². The third kappa shape index (κ3) is 1.03. The predicted molar refractivity (Wildman–Crippen MR) is 63.4 cm³/mol. The average Bonchev–Trinajstić information content (AvgIpc) is 2.51. The number of anilines is 1. The number of rotatable bonds is 0. The SMILES string of the molecule is CC1(C)C(=O)Nc2c1ccc1cccnc21. The lowest BCUT2D eigenvalue weighted by Crippen LogP contribution is -2.26. The fraction of sp³-hybridized carbons (Fsp3) is 0.231. The maximum Gasteiger partial charge on any atom is 0.234 e. The van der Waals surface area contributed by atoms with Gasteiger partial charge in [0, 0.05) is 11.6 Å². The zero-order chi connectivity index (χ0) is 11.3. The molecule has 3 nitrogen and oxygen atoms in total. The van der Waals surface area contributed by atoms with E-state index in [1.165, 1.54) is 0 Å². The maximum atomic E-state index is 11.9. The van der Waals surface area contributed by atoms with Crippen molar-refractivity contribution in [2.75, 3.05) is 5.32 Å². The van der Waals surface area contributed by atoms with Gasteiger partial charge in [0.2, 0.25) is 5.91 Å². The van der Waals surface area contributed by atoms with E-state index < -0.39 is 5.41 Å². The van der Waals surface area contributed by atoms with E-state index in [1.807, 2.05) is 38.1 Å². The average molecular weight is 212 g/mol. The summed E-state index contributed by atoms with van der Waals surface area (Å²) in [4.78, 5) is 16.2. The topological polar surface area (TPSA) is 42.0 Å². The molecule has 0 atom stereocenters. The number of pyridine rings is 1. The summed E-state index contributed by atoms with van der Waals surface area (Å²) in [7, 11) is 0. The van der Waals surface area contributed by atoms with E-state index in [-0.39, 0.29) is 5.91 Å². The molecule has 0 spiro atoms. The fourth-order valence-corrected chi connectivity index (χ4v) is 2.18. The van der Waals surface area contributed by atoms with Crippen LogP contribution in [0.15, 0.2) is 30.5 Å². The van der Waals surface area contributed by atoms with Crippen molar-refractivity contribution in [1.29, 1.82) is 0 Å². The molecule has 0 saturated heterocycles. The summed E-state index contributed by atoms with van der Waals surface area (Å²) in [5.74, 6) is 0.0423. The highest BCUT2D eigenvalue weighted by Gasteiger charge is 2.39. The molecule has 2 aromatic rings. The number of amides is 1. The molecule has 1 aromatic heterocycles. The second-order valence-corrected chi connectivity index (χ2v) is 4.64. The number of benzene rings is 1. The first-order valence-corrected chi connectivity index (χ1v) is 5.30. The Morgan fingerprint density at radius 1 is 1.25 bits per heavy atom. The Hall–Kier alpha value is -1.90. The van der Waals surface area contributed by atoms with Crippen LogP contribution in [0, 0.1) is 0 Å². The van der Waals surface area contributed by atoms with E-state index in [1.54, 1.807) is 6.20 Å². The highest BCUT2D eigenvalue weighted by atomic mass is 16.2. The normalized spacial score (nSPS) is 17.2. The van der Waals surface area contributed by atoms with Gasteiger partial charge in [0.15, 0.2) is 0 Å². The van der Waals surface area contributed by atoms with E-state index >= 15 is 0 Å². The molecule has 0 saturated carbocycles. The molecule has 80 valence electrons. The number of nitrogens with one attached hydrogen (secondary N) is 1. The second-order valence-electron chi connectivity index (χ2n) is 4.64. The fourth-order valence-electron chi connectivity index (χ4n) is 2.18. The molecule has 1 aliphatic heterocycles. The molecule has 2 heterocycles. The molecule has 0 aliphatic carbocycles. The summed E-state index contributed by atoms with van der Waals surface area (Å²) in [5.41, 5.74) is 2.32. The predicted octanol–water partition coefficient (Wildman–Crippen LogP) is 2.46. The van der Waals surface area contributed by atoms with Crippen LogP contribution in [0.4, 0.5) is 5.69 Å². The smallest absolute Gasteiger partial charge is 0.234 e. The Bertz CT molecular complexity index is 602. The van der Waals surface area contributed by atoms with Gasteiger partial charge in [0.05, 0.1) is 16.6 Å². The van der Waals surface area contributed by atoms with Crippen LogP contribution in [0.5, 0.6) is 0 Å². The standard InChI is InChI=1S/C13H12N2O/c1-13(2)9-6-5-8-4-3-7-14-10(8)11(9)15-12(13)16/h3-7H,1-2H3,(H,15,16). The molecule has 1 aromatic carbocycles. The van der Waals surface area contributed by atoms with Crippen molar-refractivity contribution in [2.24, 2.45) is 0 Å². The van der Waals surface area contributed by atoms with E-state index in [0.29, 0.717) is 0 Å². The van der Waals surface area contributed by atoms with Crippen LogP contribution < -0.4 is 5.32 Å². The minimum Gasteiger partial charge on any atom is -0.323 e. The van der Waals surface area contributed by atoms with Crippen molar-refractivity contribution in [3.63, 3.8) is 0 Å². The summed E-state index contributed by atoms with van der Waals surface area (Å²) >= 11 is 0. The zero-order valence-electron chi connectivity index (χ0n) is 9.24. The highest BCUT2D eigenvalue weighted by molar-refractivity contribution is 6.12. The summed E-state index contributed by atoms with van der Waals surface area (Å²) in [6.45, 7) is 3.87. The third-order valence-corrected chi connectivity index (χ3v) is 3.25.